The van der Waals surface area contributed by atoms with Crippen LogP contribution in [0, 0.1) is 0 Å². The Kier molecular flexibility index (Phi) is 5.42. The van der Waals surface area contributed by atoms with Crippen molar-refractivity contribution >= 4 is 35.0 Å². The monoisotopic (exact) mass is 318 g/mol. The summed E-state index contributed by atoms with van der Waals surface area (Å²) in [5.41, 5.74) is 1.97. The highest BCUT2D eigenvalue weighted by molar-refractivity contribution is 8.03. The number of allylic oxidation sites excluding steroid dienone is 1. The van der Waals surface area contributed by atoms with Crippen LogP contribution in [-0.4, -0.2) is 17.5 Å². The summed E-state index contributed by atoms with van der Waals surface area (Å²) >= 11 is 13.9. The molecule has 1 aromatic carbocycles. The lowest BCUT2D eigenvalue weighted by molar-refractivity contribution is 0.124. The largest absolute Gasteiger partial charge is 0.376 e. The van der Waals surface area contributed by atoms with Crippen LogP contribution in [-0.2, 0) is 11.3 Å². The van der Waals surface area contributed by atoms with E-state index in [1.54, 1.807) is 16.8 Å². The zero-order chi connectivity index (χ0) is 13.8. The van der Waals surface area contributed by atoms with Gasteiger partial charge in [-0.05, 0) is 19.1 Å². The van der Waals surface area contributed by atoms with Gasteiger partial charge in [-0.1, -0.05) is 29.3 Å². The highest BCUT2D eigenvalue weighted by Crippen LogP contribution is 2.32. The Labute approximate surface area is 127 Å². The van der Waals surface area contributed by atoms with Crippen LogP contribution in [0.2, 0.25) is 10.0 Å². The van der Waals surface area contributed by atoms with Crippen LogP contribution >= 0.6 is 35.0 Å². The quantitative estimate of drug-likeness (QED) is 0.657. The number of hydrogen-bond donors (Lipinski definition) is 1. The van der Waals surface area contributed by atoms with E-state index in [1.807, 2.05) is 25.1 Å². The van der Waals surface area contributed by atoms with Crippen molar-refractivity contribution in [3.05, 3.63) is 44.4 Å². The van der Waals surface area contributed by atoms with Crippen LogP contribution in [0.15, 0.2) is 28.8 Å². The molecule has 0 aliphatic carbocycles. The number of nitrogens with zero attached hydrogens (tertiary/aromatic N) is 1. The van der Waals surface area contributed by atoms with Crippen LogP contribution in [0.1, 0.15) is 18.9 Å². The smallest absolute Gasteiger partial charge is 0.0836 e. The highest BCUT2D eigenvalue weighted by Gasteiger charge is 2.16. The normalized spacial score (nSPS) is 15.5. The molecule has 2 rings (SSSR count). The molecule has 1 aliphatic heterocycles. The Balaban J connectivity index is 1.82. The minimum absolute atomic E-state index is 0.432. The molecule has 0 saturated heterocycles. The molecule has 6 heteroatoms. The van der Waals surface area contributed by atoms with E-state index in [0.717, 1.165) is 23.6 Å². The van der Waals surface area contributed by atoms with Crippen LogP contribution in [0.3, 0.4) is 0 Å². The summed E-state index contributed by atoms with van der Waals surface area (Å²) in [5.74, 6) is 6.60. The molecular weight excluding hydrogens is 303 g/mol. The lowest BCUT2D eigenvalue weighted by atomic mass is 10.2. The summed E-state index contributed by atoms with van der Waals surface area (Å²) in [6.45, 7) is 3.09. The molecule has 2 N–H and O–H groups in total. The molecule has 19 heavy (non-hydrogen) atoms. The third kappa shape index (κ3) is 3.80. The van der Waals surface area contributed by atoms with Crippen LogP contribution < -0.4 is 5.84 Å². The van der Waals surface area contributed by atoms with Crippen molar-refractivity contribution in [2.75, 3.05) is 12.5 Å². The molecule has 1 heterocycles. The van der Waals surface area contributed by atoms with Gasteiger partial charge in [-0.2, -0.15) is 0 Å². The Morgan fingerprint density at radius 3 is 2.63 bits per heavy atom. The number of nitrogens with two attached hydrogens (primary N) is 1. The van der Waals surface area contributed by atoms with Crippen LogP contribution in [0.5, 0.6) is 0 Å². The fraction of sp³-hybridized carbons (Fsp3) is 0.385. The first-order chi connectivity index (χ1) is 9.09. The highest BCUT2D eigenvalue weighted by atomic mass is 35.5. The number of hydrazine groups is 1. The summed E-state index contributed by atoms with van der Waals surface area (Å²) in [6, 6.07) is 5.46. The van der Waals surface area contributed by atoms with Gasteiger partial charge in [0.15, 0.2) is 0 Å². The molecule has 0 saturated carbocycles. The lowest BCUT2D eigenvalue weighted by Crippen LogP contribution is -2.25. The molecule has 0 aromatic heterocycles. The molecule has 0 fully saturated rings. The molecule has 0 spiro atoms. The van der Waals surface area contributed by atoms with Crippen molar-refractivity contribution in [2.45, 2.75) is 20.0 Å². The third-order valence-electron chi connectivity index (χ3n) is 2.99. The predicted molar refractivity (Wildman–Crippen MR) is 81.9 cm³/mol. The molecule has 0 radical (unpaired) electrons. The van der Waals surface area contributed by atoms with Crippen molar-refractivity contribution in [3.63, 3.8) is 0 Å². The van der Waals surface area contributed by atoms with Gasteiger partial charge in [-0.15, -0.1) is 11.8 Å². The number of hydrogen-bond acceptors (Lipinski definition) is 4. The summed E-state index contributed by atoms with van der Waals surface area (Å²) in [5, 5.41) is 3.04. The predicted octanol–water partition coefficient (Wildman–Crippen LogP) is 4.01. The average molecular weight is 319 g/mol. The maximum Gasteiger partial charge on any atom is 0.0836 e. The maximum atomic E-state index is 6.08. The van der Waals surface area contributed by atoms with Gasteiger partial charge in [0, 0.05) is 32.6 Å². The van der Waals surface area contributed by atoms with Crippen molar-refractivity contribution in [3.8, 4) is 0 Å². The van der Waals surface area contributed by atoms with Gasteiger partial charge in [0.1, 0.15) is 0 Å². The first kappa shape index (κ1) is 15.0. The average Bonchev–Trinajstić information content (AvgIpc) is 2.69. The molecule has 0 bridgehead atoms. The molecule has 3 nitrogen and oxygen atoms in total. The fourth-order valence-electron chi connectivity index (χ4n) is 1.77. The second kappa shape index (κ2) is 6.86. The van der Waals surface area contributed by atoms with E-state index >= 15 is 0 Å². The maximum absolute atomic E-state index is 6.08. The number of rotatable bonds is 5. The minimum Gasteiger partial charge on any atom is -0.376 e. The van der Waals surface area contributed by atoms with Gasteiger partial charge < -0.3 is 9.75 Å². The van der Waals surface area contributed by atoms with E-state index in [9.17, 15) is 0 Å². The van der Waals surface area contributed by atoms with Gasteiger partial charge >= 0.3 is 0 Å². The number of thioether (sulfide) groups is 1. The van der Waals surface area contributed by atoms with E-state index in [2.05, 4.69) is 0 Å². The summed E-state index contributed by atoms with van der Waals surface area (Å²) in [7, 11) is 0. The topological polar surface area (TPSA) is 38.5 Å². The first-order valence-electron chi connectivity index (χ1n) is 5.95. The number of benzene rings is 1. The molecule has 0 amide bonds. The van der Waals surface area contributed by atoms with Gasteiger partial charge in [-0.25, -0.2) is 5.84 Å². The van der Waals surface area contributed by atoms with Gasteiger partial charge in [0.25, 0.3) is 0 Å². The SMILES string of the molecule is CC1=C(CCOCc2c(Cl)cccc2Cl)SCN1N. The molecule has 1 aromatic rings. The minimum atomic E-state index is 0.432. The zero-order valence-electron chi connectivity index (χ0n) is 10.7. The van der Waals surface area contributed by atoms with E-state index < -0.39 is 0 Å². The third-order valence-corrected chi connectivity index (χ3v) is 4.96. The van der Waals surface area contributed by atoms with Gasteiger partial charge in [0.05, 0.1) is 19.1 Å². The standard InChI is InChI=1S/C13H16Cl2N2OS/c1-9-13(19-8-17(9)16)5-6-18-7-10-11(14)3-2-4-12(10)15/h2-4H,5-8,16H2,1H3. The van der Waals surface area contributed by atoms with E-state index in [4.69, 9.17) is 33.8 Å². The molecule has 104 valence electrons. The Bertz CT molecular complexity index is 473. The number of halogens is 2. The molecular formula is C13H16Cl2N2OS. The zero-order valence-corrected chi connectivity index (χ0v) is 13.0. The first-order valence-corrected chi connectivity index (χ1v) is 7.69. The van der Waals surface area contributed by atoms with Crippen LogP contribution in [0.4, 0.5) is 0 Å². The summed E-state index contributed by atoms with van der Waals surface area (Å²) in [4.78, 5) is 1.28. The van der Waals surface area contributed by atoms with E-state index in [0.29, 0.717) is 23.3 Å². The lowest BCUT2D eigenvalue weighted by Gasteiger charge is -2.10. The second-order valence-corrected chi connectivity index (χ2v) is 6.11. The fourth-order valence-corrected chi connectivity index (χ4v) is 3.32. The molecule has 0 unspecified atom stereocenters. The van der Waals surface area contributed by atoms with Crippen molar-refractivity contribution in [1.82, 2.24) is 5.01 Å². The molecule has 1 aliphatic rings. The molecule has 0 atom stereocenters. The van der Waals surface area contributed by atoms with Gasteiger partial charge in [0.2, 0.25) is 0 Å². The second-order valence-electron chi connectivity index (χ2n) is 4.25. The van der Waals surface area contributed by atoms with Crippen molar-refractivity contribution in [1.29, 1.82) is 0 Å². The van der Waals surface area contributed by atoms with Crippen molar-refractivity contribution < 1.29 is 4.74 Å². The Morgan fingerprint density at radius 1 is 1.37 bits per heavy atom. The summed E-state index contributed by atoms with van der Waals surface area (Å²) < 4.78 is 5.65. The van der Waals surface area contributed by atoms with Gasteiger partial charge in [-0.3, -0.25) is 0 Å². The summed E-state index contributed by atoms with van der Waals surface area (Å²) in [6.07, 6.45) is 0.867. The van der Waals surface area contributed by atoms with E-state index in [-0.39, 0.29) is 0 Å². The van der Waals surface area contributed by atoms with E-state index in [1.165, 1.54) is 4.91 Å². The Morgan fingerprint density at radius 2 is 2.05 bits per heavy atom. The number of ether oxygens (including phenoxy) is 1. The Hall–Kier alpha value is -0.390. The van der Waals surface area contributed by atoms with Crippen LogP contribution in [0.25, 0.3) is 0 Å². The van der Waals surface area contributed by atoms with Crippen molar-refractivity contribution in [2.24, 2.45) is 5.84 Å².